The van der Waals surface area contributed by atoms with Crippen molar-refractivity contribution in [3.63, 3.8) is 0 Å². The van der Waals surface area contributed by atoms with Gasteiger partial charge in [0.1, 0.15) is 5.75 Å². The van der Waals surface area contributed by atoms with Crippen LogP contribution >= 0.6 is 0 Å². The molecule has 0 fully saturated rings. The van der Waals surface area contributed by atoms with Gasteiger partial charge in [-0.1, -0.05) is 12.1 Å². The zero-order valence-corrected chi connectivity index (χ0v) is 12.3. The van der Waals surface area contributed by atoms with E-state index in [-0.39, 0.29) is 13.0 Å². The number of aliphatic hydroxyl groups is 1. The Bertz CT molecular complexity index is 513. The summed E-state index contributed by atoms with van der Waals surface area (Å²) in [5, 5.41) is 19.5. The number of hydrogen-bond donors (Lipinski definition) is 2. The quantitative estimate of drug-likeness (QED) is 0.588. The smallest absolute Gasteiger partial charge is 0.323 e. The number of rotatable bonds is 7. The minimum Gasteiger partial charge on any atom is -0.497 e. The molecule has 0 bridgehead atoms. The molecule has 0 aliphatic heterocycles. The van der Waals surface area contributed by atoms with Crippen molar-refractivity contribution in [3.05, 3.63) is 29.8 Å². The van der Waals surface area contributed by atoms with Gasteiger partial charge in [0.05, 0.1) is 19.8 Å². The molecule has 0 spiro atoms. The average molecular weight is 296 g/mol. The third-order valence-corrected chi connectivity index (χ3v) is 3.28. The van der Waals surface area contributed by atoms with E-state index in [0.717, 1.165) is 0 Å². The second kappa shape index (κ2) is 7.08. The predicted molar refractivity (Wildman–Crippen MR) is 74.9 cm³/mol. The molecule has 0 amide bonds. The van der Waals surface area contributed by atoms with Crippen LogP contribution in [0.4, 0.5) is 0 Å². The minimum absolute atomic E-state index is 0.0803. The molecule has 0 aliphatic carbocycles. The van der Waals surface area contributed by atoms with E-state index in [0.29, 0.717) is 11.3 Å². The summed E-state index contributed by atoms with van der Waals surface area (Å²) in [6, 6.07) is 6.62. The summed E-state index contributed by atoms with van der Waals surface area (Å²) in [6.07, 6.45) is -1.40. The van der Waals surface area contributed by atoms with Crippen molar-refractivity contribution < 1.29 is 29.3 Å². The van der Waals surface area contributed by atoms with Gasteiger partial charge >= 0.3 is 11.9 Å². The summed E-state index contributed by atoms with van der Waals surface area (Å²) < 4.78 is 9.84. The number of aliphatic hydroxyl groups excluding tert-OH is 1. The van der Waals surface area contributed by atoms with Crippen molar-refractivity contribution in [1.29, 1.82) is 0 Å². The fourth-order valence-electron chi connectivity index (χ4n) is 1.90. The van der Waals surface area contributed by atoms with Crippen molar-refractivity contribution in [3.8, 4) is 5.75 Å². The summed E-state index contributed by atoms with van der Waals surface area (Å²) in [4.78, 5) is 23.2. The van der Waals surface area contributed by atoms with Crippen molar-refractivity contribution >= 4 is 11.9 Å². The van der Waals surface area contributed by atoms with Crippen molar-refractivity contribution in [2.45, 2.75) is 26.4 Å². The average Bonchev–Trinajstić information content (AvgIpc) is 2.47. The fourth-order valence-corrected chi connectivity index (χ4v) is 1.90. The van der Waals surface area contributed by atoms with Gasteiger partial charge in [-0.05, 0) is 31.5 Å². The Hall–Kier alpha value is -2.08. The van der Waals surface area contributed by atoms with Crippen LogP contribution in [0.1, 0.15) is 31.9 Å². The van der Waals surface area contributed by atoms with Crippen LogP contribution in [-0.2, 0) is 14.3 Å². The van der Waals surface area contributed by atoms with Crippen LogP contribution in [0, 0.1) is 5.41 Å². The van der Waals surface area contributed by atoms with Crippen LogP contribution in [0.25, 0.3) is 0 Å². The number of ether oxygens (including phenoxy) is 2. The van der Waals surface area contributed by atoms with Gasteiger partial charge in [0, 0.05) is 6.42 Å². The number of carbonyl (C=O) groups excluding carboxylic acids is 1. The standard InChI is InChI=1S/C15H20O6/c1-4-21-14(19)15(2,13(17)18)9-12(16)10-6-5-7-11(8-10)20-3/h5-8,12,16H,4,9H2,1-3H3,(H,17,18). The molecule has 6 nitrogen and oxygen atoms in total. The molecule has 1 aromatic carbocycles. The molecule has 0 aromatic heterocycles. The van der Waals surface area contributed by atoms with Gasteiger partial charge in [-0.15, -0.1) is 0 Å². The molecular formula is C15H20O6. The van der Waals surface area contributed by atoms with Crippen LogP contribution < -0.4 is 4.74 Å². The Morgan fingerprint density at radius 2 is 2.05 bits per heavy atom. The number of carbonyl (C=O) groups is 2. The zero-order valence-electron chi connectivity index (χ0n) is 12.3. The van der Waals surface area contributed by atoms with Gasteiger partial charge in [0.15, 0.2) is 5.41 Å². The zero-order chi connectivity index (χ0) is 16.0. The number of methoxy groups -OCH3 is 1. The minimum atomic E-state index is -1.81. The van der Waals surface area contributed by atoms with Crippen LogP contribution in [0.3, 0.4) is 0 Å². The van der Waals surface area contributed by atoms with Crippen molar-refractivity contribution in [1.82, 2.24) is 0 Å². The molecule has 116 valence electrons. The van der Waals surface area contributed by atoms with Crippen LogP contribution in [-0.4, -0.2) is 35.9 Å². The lowest BCUT2D eigenvalue weighted by atomic mass is 9.82. The predicted octanol–water partition coefficient (Wildman–Crippen LogP) is 1.77. The molecule has 1 rings (SSSR count). The molecule has 0 aliphatic rings. The van der Waals surface area contributed by atoms with E-state index in [1.54, 1.807) is 31.2 Å². The fraction of sp³-hybridized carbons (Fsp3) is 0.467. The highest BCUT2D eigenvalue weighted by Crippen LogP contribution is 2.33. The van der Waals surface area contributed by atoms with Gasteiger partial charge in [-0.2, -0.15) is 0 Å². The number of carboxylic acids is 1. The summed E-state index contributed by atoms with van der Waals surface area (Å²) >= 11 is 0. The maximum Gasteiger partial charge on any atom is 0.323 e. The topological polar surface area (TPSA) is 93.1 Å². The monoisotopic (exact) mass is 296 g/mol. The number of aliphatic carboxylic acids is 1. The SMILES string of the molecule is CCOC(=O)C(C)(CC(O)c1cccc(OC)c1)C(=O)O. The molecule has 1 aromatic rings. The van der Waals surface area contributed by atoms with E-state index in [2.05, 4.69) is 0 Å². The lowest BCUT2D eigenvalue weighted by Crippen LogP contribution is -2.39. The molecule has 0 radical (unpaired) electrons. The Morgan fingerprint density at radius 3 is 2.57 bits per heavy atom. The number of benzene rings is 1. The van der Waals surface area contributed by atoms with E-state index in [1.165, 1.54) is 14.0 Å². The molecule has 0 saturated heterocycles. The largest absolute Gasteiger partial charge is 0.497 e. The number of esters is 1. The van der Waals surface area contributed by atoms with Crippen molar-refractivity contribution in [2.24, 2.45) is 5.41 Å². The number of carboxylic acid groups (broad SMARTS) is 1. The molecule has 2 atom stereocenters. The number of hydrogen-bond acceptors (Lipinski definition) is 5. The third-order valence-electron chi connectivity index (χ3n) is 3.28. The van der Waals surface area contributed by atoms with Gasteiger partial charge in [0.2, 0.25) is 0 Å². The first-order chi connectivity index (χ1) is 9.85. The van der Waals surface area contributed by atoms with Crippen molar-refractivity contribution in [2.75, 3.05) is 13.7 Å². The van der Waals surface area contributed by atoms with Gasteiger partial charge in [-0.3, -0.25) is 9.59 Å². The highest BCUT2D eigenvalue weighted by atomic mass is 16.5. The van der Waals surface area contributed by atoms with E-state index >= 15 is 0 Å². The first-order valence-corrected chi connectivity index (χ1v) is 6.57. The summed E-state index contributed by atoms with van der Waals surface area (Å²) in [6.45, 7) is 2.92. The maximum atomic E-state index is 11.9. The summed E-state index contributed by atoms with van der Waals surface area (Å²) in [5.41, 5.74) is -1.33. The van der Waals surface area contributed by atoms with Gasteiger partial charge < -0.3 is 19.7 Å². The third kappa shape index (κ3) is 3.95. The second-order valence-electron chi connectivity index (χ2n) is 4.85. The molecular weight excluding hydrogens is 276 g/mol. The molecule has 2 unspecified atom stereocenters. The molecule has 0 heterocycles. The van der Waals surface area contributed by atoms with E-state index < -0.39 is 23.5 Å². The highest BCUT2D eigenvalue weighted by Gasteiger charge is 2.44. The van der Waals surface area contributed by atoms with Gasteiger partial charge in [-0.25, -0.2) is 0 Å². The maximum absolute atomic E-state index is 11.9. The second-order valence-corrected chi connectivity index (χ2v) is 4.85. The van der Waals surface area contributed by atoms with Crippen LogP contribution in [0.15, 0.2) is 24.3 Å². The Labute approximate surface area is 123 Å². The summed E-state index contributed by atoms with van der Waals surface area (Å²) in [7, 11) is 1.49. The van der Waals surface area contributed by atoms with E-state index in [9.17, 15) is 19.8 Å². The van der Waals surface area contributed by atoms with Crippen LogP contribution in [0.2, 0.25) is 0 Å². The lowest BCUT2D eigenvalue weighted by Gasteiger charge is -2.25. The normalized spacial score (nSPS) is 14.9. The van der Waals surface area contributed by atoms with E-state index in [1.807, 2.05) is 0 Å². The Kier molecular flexibility index (Phi) is 5.72. The first kappa shape index (κ1) is 17.0. The van der Waals surface area contributed by atoms with E-state index in [4.69, 9.17) is 9.47 Å². The Balaban J connectivity index is 2.97. The van der Waals surface area contributed by atoms with Gasteiger partial charge in [0.25, 0.3) is 0 Å². The molecule has 2 N–H and O–H groups in total. The summed E-state index contributed by atoms with van der Waals surface area (Å²) in [5.74, 6) is -1.65. The Morgan fingerprint density at radius 1 is 1.38 bits per heavy atom. The highest BCUT2D eigenvalue weighted by molar-refractivity contribution is 5.98. The van der Waals surface area contributed by atoms with Crippen LogP contribution in [0.5, 0.6) is 5.75 Å². The lowest BCUT2D eigenvalue weighted by molar-refractivity contribution is -0.169. The molecule has 6 heteroatoms. The first-order valence-electron chi connectivity index (χ1n) is 6.57. The molecule has 21 heavy (non-hydrogen) atoms. The molecule has 0 saturated carbocycles.